The SMILES string of the molecule is CC(C)C(=O)NC(Cc1c[nH]c2ccccc12)C(=O)N1C[C@@H](C)[C@H](C(=O)O)C1. The Hall–Kier alpha value is -2.83. The molecule has 0 bridgehead atoms. The summed E-state index contributed by atoms with van der Waals surface area (Å²) < 4.78 is 0. The van der Waals surface area contributed by atoms with Crippen LogP contribution in [0.2, 0.25) is 0 Å². The number of nitrogens with zero attached hydrogens (tertiary/aromatic N) is 1. The molecule has 0 aliphatic carbocycles. The van der Waals surface area contributed by atoms with Crippen LogP contribution in [0.25, 0.3) is 10.9 Å². The Labute approximate surface area is 164 Å². The average molecular weight is 385 g/mol. The molecule has 0 spiro atoms. The number of aromatic nitrogens is 1. The molecule has 1 fully saturated rings. The maximum absolute atomic E-state index is 13.2. The van der Waals surface area contributed by atoms with Crippen LogP contribution < -0.4 is 5.32 Å². The molecule has 7 nitrogen and oxygen atoms in total. The third-order valence-electron chi connectivity index (χ3n) is 5.48. The van der Waals surface area contributed by atoms with Gasteiger partial charge in [-0.2, -0.15) is 0 Å². The van der Waals surface area contributed by atoms with Crippen molar-refractivity contribution in [3.63, 3.8) is 0 Å². The van der Waals surface area contributed by atoms with Gasteiger partial charge in [0.2, 0.25) is 11.8 Å². The second kappa shape index (κ2) is 8.04. The van der Waals surface area contributed by atoms with E-state index in [2.05, 4.69) is 10.3 Å². The standard InChI is InChI=1S/C21H27N3O4/c1-12(2)19(25)23-18(8-14-9-22-17-7-5-4-6-15(14)17)20(26)24-10-13(3)16(11-24)21(27)28/h4-7,9,12-13,16,18,22H,8,10-11H2,1-3H3,(H,23,25)(H,27,28)/t13-,16-,18?/m1/s1. The quantitative estimate of drug-likeness (QED) is 0.708. The van der Waals surface area contributed by atoms with Crippen molar-refractivity contribution in [1.29, 1.82) is 0 Å². The molecular formula is C21H27N3O4. The molecule has 1 aliphatic rings. The lowest BCUT2D eigenvalue weighted by molar-refractivity contribution is -0.142. The number of para-hydroxylation sites is 1. The highest BCUT2D eigenvalue weighted by Gasteiger charge is 2.39. The molecule has 2 amide bonds. The lowest BCUT2D eigenvalue weighted by Gasteiger charge is -2.25. The van der Waals surface area contributed by atoms with E-state index in [1.54, 1.807) is 18.7 Å². The number of benzene rings is 1. The number of amides is 2. The summed E-state index contributed by atoms with van der Waals surface area (Å²) in [5, 5.41) is 13.2. The van der Waals surface area contributed by atoms with Gasteiger partial charge in [0.25, 0.3) is 0 Å². The highest BCUT2D eigenvalue weighted by atomic mass is 16.4. The summed E-state index contributed by atoms with van der Waals surface area (Å²) in [6.45, 7) is 5.96. The smallest absolute Gasteiger partial charge is 0.308 e. The molecule has 0 saturated carbocycles. The molecule has 2 heterocycles. The Morgan fingerprint density at radius 1 is 1.25 bits per heavy atom. The van der Waals surface area contributed by atoms with Crippen molar-refractivity contribution in [1.82, 2.24) is 15.2 Å². The molecule has 7 heteroatoms. The fourth-order valence-electron chi connectivity index (χ4n) is 3.75. The number of carbonyl (C=O) groups excluding carboxylic acids is 2. The second-order valence-corrected chi connectivity index (χ2v) is 7.94. The third kappa shape index (κ3) is 4.03. The van der Waals surface area contributed by atoms with E-state index in [0.717, 1.165) is 16.5 Å². The number of nitrogens with one attached hydrogen (secondary N) is 2. The maximum Gasteiger partial charge on any atom is 0.308 e. The molecule has 3 rings (SSSR count). The number of hydrogen-bond donors (Lipinski definition) is 3. The highest BCUT2D eigenvalue weighted by Crippen LogP contribution is 2.25. The molecule has 1 saturated heterocycles. The lowest BCUT2D eigenvalue weighted by atomic mass is 9.99. The molecule has 2 aromatic rings. The lowest BCUT2D eigenvalue weighted by Crippen LogP contribution is -2.50. The largest absolute Gasteiger partial charge is 0.481 e. The monoisotopic (exact) mass is 385 g/mol. The minimum Gasteiger partial charge on any atom is -0.481 e. The zero-order valence-corrected chi connectivity index (χ0v) is 16.4. The van der Waals surface area contributed by atoms with Gasteiger partial charge in [0.15, 0.2) is 0 Å². The van der Waals surface area contributed by atoms with E-state index in [-0.39, 0.29) is 30.2 Å². The van der Waals surface area contributed by atoms with Crippen molar-refractivity contribution in [2.75, 3.05) is 13.1 Å². The van der Waals surface area contributed by atoms with Gasteiger partial charge in [-0.3, -0.25) is 14.4 Å². The third-order valence-corrected chi connectivity index (χ3v) is 5.48. The molecule has 3 atom stereocenters. The van der Waals surface area contributed by atoms with Gasteiger partial charge in [-0.25, -0.2) is 0 Å². The first-order valence-electron chi connectivity index (χ1n) is 9.65. The van der Waals surface area contributed by atoms with Crippen LogP contribution >= 0.6 is 0 Å². The van der Waals surface area contributed by atoms with E-state index in [1.807, 2.05) is 37.4 Å². The van der Waals surface area contributed by atoms with Crippen LogP contribution in [0.15, 0.2) is 30.5 Å². The molecular weight excluding hydrogens is 358 g/mol. The Morgan fingerprint density at radius 3 is 2.61 bits per heavy atom. The van der Waals surface area contributed by atoms with Crippen molar-refractivity contribution in [2.24, 2.45) is 17.8 Å². The number of rotatable bonds is 6. The van der Waals surface area contributed by atoms with Crippen molar-refractivity contribution in [2.45, 2.75) is 33.2 Å². The fourth-order valence-corrected chi connectivity index (χ4v) is 3.75. The van der Waals surface area contributed by atoms with Crippen molar-refractivity contribution >= 4 is 28.7 Å². The summed E-state index contributed by atoms with van der Waals surface area (Å²) in [6.07, 6.45) is 2.21. The molecule has 1 aliphatic heterocycles. The Bertz CT molecular complexity index is 889. The van der Waals surface area contributed by atoms with Gasteiger partial charge in [-0.05, 0) is 17.5 Å². The van der Waals surface area contributed by atoms with Crippen molar-refractivity contribution in [3.8, 4) is 0 Å². The molecule has 28 heavy (non-hydrogen) atoms. The van der Waals surface area contributed by atoms with Crippen LogP contribution in [0.1, 0.15) is 26.3 Å². The number of H-pyrrole nitrogens is 1. The van der Waals surface area contributed by atoms with E-state index < -0.39 is 17.9 Å². The van der Waals surface area contributed by atoms with Crippen LogP contribution in [0.5, 0.6) is 0 Å². The predicted molar refractivity (Wildman–Crippen MR) is 106 cm³/mol. The number of carboxylic acid groups (broad SMARTS) is 1. The minimum absolute atomic E-state index is 0.115. The maximum atomic E-state index is 13.2. The average Bonchev–Trinajstić information content (AvgIpc) is 3.24. The number of hydrogen-bond acceptors (Lipinski definition) is 3. The summed E-state index contributed by atoms with van der Waals surface area (Å²) in [7, 11) is 0. The fraction of sp³-hybridized carbons (Fsp3) is 0.476. The molecule has 1 unspecified atom stereocenters. The molecule has 1 aromatic carbocycles. The minimum atomic E-state index is -0.887. The summed E-state index contributed by atoms with van der Waals surface area (Å²) in [4.78, 5) is 41.7. The second-order valence-electron chi connectivity index (χ2n) is 7.94. The van der Waals surface area contributed by atoms with E-state index in [0.29, 0.717) is 13.0 Å². The van der Waals surface area contributed by atoms with Crippen LogP contribution in [-0.2, 0) is 20.8 Å². The first-order chi connectivity index (χ1) is 13.3. The van der Waals surface area contributed by atoms with Gasteiger partial charge < -0.3 is 20.3 Å². The van der Waals surface area contributed by atoms with Gasteiger partial charge in [0, 0.05) is 42.5 Å². The van der Waals surface area contributed by atoms with Gasteiger partial charge in [-0.15, -0.1) is 0 Å². The molecule has 1 aromatic heterocycles. The number of likely N-dealkylation sites (tertiary alicyclic amines) is 1. The summed E-state index contributed by atoms with van der Waals surface area (Å²) in [5.74, 6) is -2.24. The normalized spacial score (nSPS) is 20.5. The highest BCUT2D eigenvalue weighted by molar-refractivity contribution is 5.90. The first-order valence-corrected chi connectivity index (χ1v) is 9.65. The van der Waals surface area contributed by atoms with Gasteiger partial charge in [0.1, 0.15) is 6.04 Å². The van der Waals surface area contributed by atoms with Gasteiger partial charge in [0.05, 0.1) is 5.92 Å². The van der Waals surface area contributed by atoms with Crippen LogP contribution in [0, 0.1) is 17.8 Å². The summed E-state index contributed by atoms with van der Waals surface area (Å²) in [5.41, 5.74) is 1.92. The zero-order chi connectivity index (χ0) is 20.4. The van der Waals surface area contributed by atoms with Crippen molar-refractivity contribution < 1.29 is 19.5 Å². The Balaban J connectivity index is 1.83. The zero-order valence-electron chi connectivity index (χ0n) is 16.4. The Kier molecular flexibility index (Phi) is 5.72. The van der Waals surface area contributed by atoms with E-state index in [4.69, 9.17) is 0 Å². The van der Waals surface area contributed by atoms with Crippen LogP contribution in [0.3, 0.4) is 0 Å². The summed E-state index contributed by atoms with van der Waals surface area (Å²) in [6, 6.07) is 7.08. The first kappa shape index (κ1) is 19.9. The number of aliphatic carboxylic acids is 1. The topological polar surface area (TPSA) is 103 Å². The van der Waals surface area contributed by atoms with Gasteiger partial charge >= 0.3 is 5.97 Å². The van der Waals surface area contributed by atoms with Crippen molar-refractivity contribution in [3.05, 3.63) is 36.0 Å². The van der Waals surface area contributed by atoms with E-state index in [9.17, 15) is 19.5 Å². The Morgan fingerprint density at radius 2 is 1.96 bits per heavy atom. The number of fused-ring (bicyclic) bond motifs is 1. The number of carboxylic acids is 1. The summed E-state index contributed by atoms with van der Waals surface area (Å²) >= 11 is 0. The number of aromatic amines is 1. The van der Waals surface area contributed by atoms with Crippen LogP contribution in [-0.4, -0.2) is 51.9 Å². The molecule has 3 N–H and O–H groups in total. The van der Waals surface area contributed by atoms with Gasteiger partial charge in [-0.1, -0.05) is 39.0 Å². The number of carbonyl (C=O) groups is 3. The predicted octanol–water partition coefficient (Wildman–Crippen LogP) is 2.03. The van der Waals surface area contributed by atoms with E-state index >= 15 is 0 Å². The van der Waals surface area contributed by atoms with E-state index in [1.165, 1.54) is 0 Å². The molecule has 0 radical (unpaired) electrons. The molecule has 150 valence electrons. The van der Waals surface area contributed by atoms with Crippen LogP contribution in [0.4, 0.5) is 0 Å².